The second-order valence-corrected chi connectivity index (χ2v) is 4.11. The molecule has 0 heterocycles. The van der Waals surface area contributed by atoms with E-state index in [-0.39, 0.29) is 5.97 Å². The lowest BCUT2D eigenvalue weighted by molar-refractivity contribution is -0.144. The molecule has 98 valence electrons. The molecule has 2 rings (SSSR count). The van der Waals surface area contributed by atoms with Crippen molar-refractivity contribution in [1.29, 1.82) is 0 Å². The van der Waals surface area contributed by atoms with Gasteiger partial charge in [0.2, 0.25) is 0 Å². The highest BCUT2D eigenvalue weighted by atomic mass is 16.5. The summed E-state index contributed by atoms with van der Waals surface area (Å²) in [5.74, 6) is -0.266. The zero-order valence-corrected chi connectivity index (χ0v) is 10.9. The van der Waals surface area contributed by atoms with Crippen LogP contribution < -0.4 is 5.32 Å². The van der Waals surface area contributed by atoms with Gasteiger partial charge in [-0.15, -0.1) is 0 Å². The minimum atomic E-state index is -0.483. The van der Waals surface area contributed by atoms with Crippen LogP contribution in [0.3, 0.4) is 0 Å². The third-order valence-corrected chi connectivity index (χ3v) is 2.74. The number of para-hydroxylation sites is 1. The Labute approximate surface area is 113 Å². The Balaban J connectivity index is 2.22. The van der Waals surface area contributed by atoms with E-state index < -0.39 is 6.04 Å². The molecule has 0 unspecified atom stereocenters. The van der Waals surface area contributed by atoms with Crippen LogP contribution >= 0.6 is 0 Å². The Bertz CT molecular complexity index is 511. The van der Waals surface area contributed by atoms with Gasteiger partial charge in [-0.25, -0.2) is 4.79 Å². The first-order valence-corrected chi connectivity index (χ1v) is 6.34. The Morgan fingerprint density at radius 2 is 1.63 bits per heavy atom. The van der Waals surface area contributed by atoms with Crippen molar-refractivity contribution in [3.05, 3.63) is 66.2 Å². The van der Waals surface area contributed by atoms with Crippen LogP contribution in [0.25, 0.3) is 0 Å². The van der Waals surface area contributed by atoms with E-state index in [1.165, 1.54) is 0 Å². The lowest BCUT2D eigenvalue weighted by Crippen LogP contribution is -2.23. The third-order valence-electron chi connectivity index (χ3n) is 2.74. The number of carbonyl (C=O) groups excluding carboxylic acids is 1. The van der Waals surface area contributed by atoms with Crippen LogP contribution in [-0.2, 0) is 9.53 Å². The average Bonchev–Trinajstić information content (AvgIpc) is 2.47. The van der Waals surface area contributed by atoms with Crippen molar-refractivity contribution < 1.29 is 9.53 Å². The van der Waals surface area contributed by atoms with E-state index in [4.69, 9.17) is 4.74 Å². The zero-order valence-electron chi connectivity index (χ0n) is 10.9. The molecule has 0 radical (unpaired) electrons. The summed E-state index contributed by atoms with van der Waals surface area (Å²) in [6.07, 6.45) is 0. The molecular formula is C16H17NO2. The fraction of sp³-hybridized carbons (Fsp3) is 0.188. The van der Waals surface area contributed by atoms with E-state index in [0.29, 0.717) is 6.61 Å². The van der Waals surface area contributed by atoms with Crippen molar-refractivity contribution in [1.82, 2.24) is 0 Å². The summed E-state index contributed by atoms with van der Waals surface area (Å²) < 4.78 is 5.13. The first-order valence-electron chi connectivity index (χ1n) is 6.34. The van der Waals surface area contributed by atoms with Crippen LogP contribution in [0.15, 0.2) is 60.7 Å². The predicted molar refractivity (Wildman–Crippen MR) is 75.9 cm³/mol. The molecular weight excluding hydrogens is 238 g/mol. The SMILES string of the molecule is CCOC(=O)[C@@H](Nc1ccccc1)c1ccccc1. The van der Waals surface area contributed by atoms with E-state index in [9.17, 15) is 4.79 Å². The molecule has 2 aromatic carbocycles. The van der Waals surface area contributed by atoms with Gasteiger partial charge in [-0.3, -0.25) is 0 Å². The summed E-state index contributed by atoms with van der Waals surface area (Å²) in [4.78, 5) is 12.1. The van der Waals surface area contributed by atoms with Gasteiger partial charge in [-0.2, -0.15) is 0 Å². The standard InChI is InChI=1S/C16H17NO2/c1-2-19-16(18)15(13-9-5-3-6-10-13)17-14-11-7-4-8-12-14/h3-12,15,17H,2H2,1H3/t15-/m0/s1. The number of ether oxygens (including phenoxy) is 1. The summed E-state index contributed by atoms with van der Waals surface area (Å²) in [5.41, 5.74) is 1.79. The molecule has 0 aliphatic rings. The molecule has 0 saturated heterocycles. The average molecular weight is 255 g/mol. The van der Waals surface area contributed by atoms with Gasteiger partial charge in [0, 0.05) is 5.69 Å². The molecule has 0 saturated carbocycles. The minimum absolute atomic E-state index is 0.266. The molecule has 0 amide bonds. The summed E-state index contributed by atoms with van der Waals surface area (Å²) in [7, 11) is 0. The monoisotopic (exact) mass is 255 g/mol. The molecule has 0 aliphatic carbocycles. The Morgan fingerprint density at radius 3 is 2.21 bits per heavy atom. The lowest BCUT2D eigenvalue weighted by Gasteiger charge is -2.18. The predicted octanol–water partition coefficient (Wildman–Crippen LogP) is 3.40. The number of anilines is 1. The second-order valence-electron chi connectivity index (χ2n) is 4.11. The Kier molecular flexibility index (Phi) is 4.56. The normalized spacial score (nSPS) is 11.6. The first-order chi connectivity index (χ1) is 9.31. The molecule has 1 N–H and O–H groups in total. The number of nitrogens with one attached hydrogen (secondary N) is 1. The number of esters is 1. The van der Waals surface area contributed by atoms with Crippen molar-refractivity contribution in [2.45, 2.75) is 13.0 Å². The minimum Gasteiger partial charge on any atom is -0.464 e. The van der Waals surface area contributed by atoms with E-state index in [0.717, 1.165) is 11.3 Å². The van der Waals surface area contributed by atoms with Gasteiger partial charge >= 0.3 is 5.97 Å². The van der Waals surface area contributed by atoms with Gasteiger partial charge in [-0.05, 0) is 24.6 Å². The smallest absolute Gasteiger partial charge is 0.333 e. The molecule has 0 bridgehead atoms. The summed E-state index contributed by atoms with van der Waals surface area (Å²) in [6.45, 7) is 2.18. The van der Waals surface area contributed by atoms with Crippen LogP contribution in [0.1, 0.15) is 18.5 Å². The molecule has 3 heteroatoms. The maximum absolute atomic E-state index is 12.1. The van der Waals surface area contributed by atoms with Gasteiger partial charge in [0.25, 0.3) is 0 Å². The maximum Gasteiger partial charge on any atom is 0.333 e. The van der Waals surface area contributed by atoms with Crippen LogP contribution in [0.4, 0.5) is 5.69 Å². The van der Waals surface area contributed by atoms with Crippen LogP contribution in [-0.4, -0.2) is 12.6 Å². The maximum atomic E-state index is 12.1. The van der Waals surface area contributed by atoms with Gasteiger partial charge in [-0.1, -0.05) is 48.5 Å². The van der Waals surface area contributed by atoms with Gasteiger partial charge < -0.3 is 10.1 Å². The fourth-order valence-electron chi connectivity index (χ4n) is 1.85. The number of rotatable bonds is 5. The number of benzene rings is 2. The van der Waals surface area contributed by atoms with Crippen LogP contribution in [0, 0.1) is 0 Å². The second kappa shape index (κ2) is 6.59. The third kappa shape index (κ3) is 3.58. The van der Waals surface area contributed by atoms with Gasteiger partial charge in [0.1, 0.15) is 0 Å². The quantitative estimate of drug-likeness (QED) is 0.832. The molecule has 1 atom stereocenters. The largest absolute Gasteiger partial charge is 0.464 e. The van der Waals surface area contributed by atoms with Crippen molar-refractivity contribution in [2.24, 2.45) is 0 Å². The van der Waals surface area contributed by atoms with Crippen molar-refractivity contribution in [3.8, 4) is 0 Å². The summed E-state index contributed by atoms with van der Waals surface area (Å²) in [5, 5.41) is 3.21. The first kappa shape index (κ1) is 13.1. The van der Waals surface area contributed by atoms with E-state index in [1.54, 1.807) is 0 Å². The van der Waals surface area contributed by atoms with Crippen molar-refractivity contribution in [3.63, 3.8) is 0 Å². The van der Waals surface area contributed by atoms with Crippen molar-refractivity contribution >= 4 is 11.7 Å². The van der Waals surface area contributed by atoms with E-state index >= 15 is 0 Å². The highest BCUT2D eigenvalue weighted by molar-refractivity contribution is 5.81. The van der Waals surface area contributed by atoms with Crippen LogP contribution in [0.2, 0.25) is 0 Å². The molecule has 0 aromatic heterocycles. The molecule has 0 aliphatic heterocycles. The zero-order chi connectivity index (χ0) is 13.5. The molecule has 2 aromatic rings. The van der Waals surface area contributed by atoms with E-state index in [2.05, 4.69) is 5.32 Å². The number of hydrogen-bond donors (Lipinski definition) is 1. The highest BCUT2D eigenvalue weighted by Gasteiger charge is 2.21. The number of hydrogen-bond acceptors (Lipinski definition) is 3. The van der Waals surface area contributed by atoms with Crippen LogP contribution in [0.5, 0.6) is 0 Å². The summed E-state index contributed by atoms with van der Waals surface area (Å²) >= 11 is 0. The molecule has 19 heavy (non-hydrogen) atoms. The van der Waals surface area contributed by atoms with E-state index in [1.807, 2.05) is 67.6 Å². The van der Waals surface area contributed by atoms with Gasteiger partial charge in [0.05, 0.1) is 6.61 Å². The molecule has 0 spiro atoms. The Morgan fingerprint density at radius 1 is 1.05 bits per heavy atom. The molecule has 3 nitrogen and oxygen atoms in total. The Hall–Kier alpha value is -2.29. The van der Waals surface area contributed by atoms with Gasteiger partial charge in [0.15, 0.2) is 6.04 Å². The fourth-order valence-corrected chi connectivity index (χ4v) is 1.85. The topological polar surface area (TPSA) is 38.3 Å². The summed E-state index contributed by atoms with van der Waals surface area (Å²) in [6, 6.07) is 18.7. The lowest BCUT2D eigenvalue weighted by atomic mass is 10.1. The highest BCUT2D eigenvalue weighted by Crippen LogP contribution is 2.20. The number of carbonyl (C=O) groups is 1. The van der Waals surface area contributed by atoms with Crippen molar-refractivity contribution in [2.75, 3.05) is 11.9 Å². The molecule has 0 fully saturated rings.